The molecule has 1 saturated heterocycles. The van der Waals surface area contributed by atoms with Crippen LogP contribution < -0.4 is 5.32 Å². The molecule has 7 heteroatoms. The smallest absolute Gasteiger partial charge is 0.320 e. The lowest BCUT2D eigenvalue weighted by atomic mass is 9.80. The van der Waals surface area contributed by atoms with E-state index in [-0.39, 0.29) is 11.8 Å². The molecule has 1 aromatic rings. The van der Waals surface area contributed by atoms with Crippen LogP contribution in [-0.2, 0) is 23.2 Å². The van der Waals surface area contributed by atoms with Crippen LogP contribution in [0.4, 0.5) is 0 Å². The standard InChI is InChI=1S/C17H26N4O3/c1-20-10-12(6-7-14(20)17(23)24)16(22)18-9-15-13(8-19-21(15)2)11-4-3-5-11/h8,11-12,14H,3-7,9-10H2,1-2H3,(H,18,22)(H,23,24). The summed E-state index contributed by atoms with van der Waals surface area (Å²) in [7, 11) is 3.68. The van der Waals surface area contributed by atoms with Crippen molar-refractivity contribution in [2.75, 3.05) is 13.6 Å². The maximum absolute atomic E-state index is 12.5. The summed E-state index contributed by atoms with van der Waals surface area (Å²) in [4.78, 5) is 25.4. The summed E-state index contributed by atoms with van der Waals surface area (Å²) in [6.45, 7) is 0.980. The second-order valence-electron chi connectivity index (χ2n) is 7.08. The molecule has 2 N–H and O–H groups in total. The summed E-state index contributed by atoms with van der Waals surface area (Å²) in [6, 6.07) is -0.476. The Labute approximate surface area is 142 Å². The van der Waals surface area contributed by atoms with E-state index >= 15 is 0 Å². The second kappa shape index (κ2) is 6.93. The summed E-state index contributed by atoms with van der Waals surface area (Å²) in [5.74, 6) is -0.364. The minimum Gasteiger partial charge on any atom is -0.480 e. The van der Waals surface area contributed by atoms with E-state index in [1.165, 1.54) is 24.8 Å². The van der Waals surface area contributed by atoms with Crippen molar-refractivity contribution in [3.05, 3.63) is 17.5 Å². The zero-order valence-electron chi connectivity index (χ0n) is 14.4. The van der Waals surface area contributed by atoms with Gasteiger partial charge in [0.2, 0.25) is 5.91 Å². The number of carboxylic acids is 1. The number of aromatic nitrogens is 2. The first-order valence-electron chi connectivity index (χ1n) is 8.69. The molecule has 0 aromatic carbocycles. The summed E-state index contributed by atoms with van der Waals surface area (Å²) in [6.07, 6.45) is 6.74. The Hall–Kier alpha value is -1.89. The molecule has 1 aliphatic heterocycles. The molecular formula is C17H26N4O3. The monoisotopic (exact) mass is 334 g/mol. The lowest BCUT2D eigenvalue weighted by Crippen LogP contribution is -2.49. The minimum absolute atomic E-state index is 0.00597. The highest BCUT2D eigenvalue weighted by Gasteiger charge is 2.33. The number of likely N-dealkylation sites (tertiary alicyclic amines) is 1. The molecule has 0 radical (unpaired) electrons. The number of likely N-dealkylation sites (N-methyl/N-ethyl adjacent to an activating group) is 1. The molecule has 1 saturated carbocycles. The van der Waals surface area contributed by atoms with Crippen molar-refractivity contribution in [3.63, 3.8) is 0 Å². The van der Waals surface area contributed by atoms with E-state index in [1.54, 1.807) is 11.9 Å². The largest absolute Gasteiger partial charge is 0.480 e. The van der Waals surface area contributed by atoms with Gasteiger partial charge < -0.3 is 10.4 Å². The van der Waals surface area contributed by atoms with Crippen LogP contribution in [0.5, 0.6) is 0 Å². The van der Waals surface area contributed by atoms with Gasteiger partial charge in [0.15, 0.2) is 0 Å². The van der Waals surface area contributed by atoms with E-state index in [2.05, 4.69) is 10.4 Å². The fourth-order valence-corrected chi connectivity index (χ4v) is 3.74. The predicted molar refractivity (Wildman–Crippen MR) is 88.4 cm³/mol. The maximum atomic E-state index is 12.5. The fourth-order valence-electron chi connectivity index (χ4n) is 3.74. The summed E-state index contributed by atoms with van der Waals surface area (Å²) in [5.41, 5.74) is 2.34. The number of carbonyl (C=O) groups excluding carboxylic acids is 1. The number of hydrogen-bond donors (Lipinski definition) is 2. The zero-order valence-corrected chi connectivity index (χ0v) is 14.4. The topological polar surface area (TPSA) is 87.5 Å². The van der Waals surface area contributed by atoms with Gasteiger partial charge >= 0.3 is 5.97 Å². The van der Waals surface area contributed by atoms with Gasteiger partial charge in [-0.3, -0.25) is 19.2 Å². The third-order valence-electron chi connectivity index (χ3n) is 5.55. The first kappa shape index (κ1) is 17.0. The fraction of sp³-hybridized carbons (Fsp3) is 0.706. The number of rotatable bonds is 5. The molecule has 1 amide bonds. The molecule has 2 aliphatic rings. The Balaban J connectivity index is 1.57. The number of aryl methyl sites for hydroxylation is 1. The molecular weight excluding hydrogens is 308 g/mol. The molecule has 0 spiro atoms. The molecule has 2 atom stereocenters. The van der Waals surface area contributed by atoms with E-state index in [0.717, 1.165) is 5.69 Å². The quantitative estimate of drug-likeness (QED) is 0.842. The highest BCUT2D eigenvalue weighted by atomic mass is 16.4. The van der Waals surface area contributed by atoms with Crippen LogP contribution in [-0.4, -0.2) is 51.3 Å². The second-order valence-corrected chi connectivity index (χ2v) is 7.08. The molecule has 2 heterocycles. The van der Waals surface area contributed by atoms with Crippen LogP contribution in [0.25, 0.3) is 0 Å². The highest BCUT2D eigenvalue weighted by Crippen LogP contribution is 2.37. The Morgan fingerprint density at radius 2 is 2.04 bits per heavy atom. The van der Waals surface area contributed by atoms with E-state index in [9.17, 15) is 9.59 Å². The van der Waals surface area contributed by atoms with Crippen LogP contribution in [0, 0.1) is 5.92 Å². The van der Waals surface area contributed by atoms with Gasteiger partial charge in [0, 0.05) is 13.6 Å². The Bertz CT molecular complexity index is 623. The number of carbonyl (C=O) groups is 2. The maximum Gasteiger partial charge on any atom is 0.320 e. The van der Waals surface area contributed by atoms with Gasteiger partial charge in [-0.15, -0.1) is 0 Å². The van der Waals surface area contributed by atoms with Gasteiger partial charge in [-0.2, -0.15) is 5.10 Å². The molecule has 2 unspecified atom stereocenters. The van der Waals surface area contributed by atoms with Crippen molar-refractivity contribution in [2.24, 2.45) is 13.0 Å². The molecule has 2 fully saturated rings. The molecule has 3 rings (SSSR count). The SMILES string of the molecule is CN1CC(C(=O)NCc2c(C3CCC3)cnn2C)CCC1C(=O)O. The zero-order chi connectivity index (χ0) is 17.3. The lowest BCUT2D eigenvalue weighted by Gasteiger charge is -2.34. The number of nitrogens with zero attached hydrogens (tertiary/aromatic N) is 3. The van der Waals surface area contributed by atoms with Gasteiger partial charge in [0.1, 0.15) is 6.04 Å². The first-order valence-corrected chi connectivity index (χ1v) is 8.69. The minimum atomic E-state index is -0.809. The van der Waals surface area contributed by atoms with Crippen molar-refractivity contribution in [2.45, 2.75) is 50.6 Å². The third kappa shape index (κ3) is 3.31. The summed E-state index contributed by atoms with van der Waals surface area (Å²) < 4.78 is 1.85. The number of carboxylic acid groups (broad SMARTS) is 1. The number of piperidine rings is 1. The van der Waals surface area contributed by atoms with Crippen LogP contribution in [0.2, 0.25) is 0 Å². The van der Waals surface area contributed by atoms with Crippen LogP contribution in [0.15, 0.2) is 6.20 Å². The predicted octanol–water partition coefficient (Wildman–Crippen LogP) is 1.10. The number of amides is 1. The van der Waals surface area contributed by atoms with Gasteiger partial charge in [-0.1, -0.05) is 6.42 Å². The van der Waals surface area contributed by atoms with Crippen LogP contribution in [0.3, 0.4) is 0 Å². The Morgan fingerprint density at radius 3 is 2.62 bits per heavy atom. The molecule has 1 aromatic heterocycles. The highest BCUT2D eigenvalue weighted by molar-refractivity contribution is 5.80. The van der Waals surface area contributed by atoms with Crippen molar-refractivity contribution >= 4 is 11.9 Å². The normalized spacial score (nSPS) is 25.2. The van der Waals surface area contributed by atoms with E-state index in [1.807, 2.05) is 17.9 Å². The van der Waals surface area contributed by atoms with E-state index in [0.29, 0.717) is 31.8 Å². The van der Waals surface area contributed by atoms with Gasteiger partial charge in [0.25, 0.3) is 0 Å². The summed E-state index contributed by atoms with van der Waals surface area (Å²) >= 11 is 0. The third-order valence-corrected chi connectivity index (χ3v) is 5.55. The van der Waals surface area contributed by atoms with Crippen LogP contribution >= 0.6 is 0 Å². The van der Waals surface area contributed by atoms with Crippen molar-refractivity contribution in [1.82, 2.24) is 20.0 Å². The van der Waals surface area contributed by atoms with Crippen LogP contribution in [0.1, 0.15) is 49.3 Å². The Morgan fingerprint density at radius 1 is 1.29 bits per heavy atom. The average Bonchev–Trinajstić information content (AvgIpc) is 2.83. The average molecular weight is 334 g/mol. The lowest BCUT2D eigenvalue weighted by molar-refractivity contribution is -0.146. The van der Waals surface area contributed by atoms with E-state index < -0.39 is 12.0 Å². The molecule has 24 heavy (non-hydrogen) atoms. The van der Waals surface area contributed by atoms with Gasteiger partial charge in [-0.25, -0.2) is 0 Å². The molecule has 1 aliphatic carbocycles. The van der Waals surface area contributed by atoms with Crippen molar-refractivity contribution in [3.8, 4) is 0 Å². The van der Waals surface area contributed by atoms with Crippen molar-refractivity contribution in [1.29, 1.82) is 0 Å². The molecule has 0 bridgehead atoms. The number of hydrogen-bond acceptors (Lipinski definition) is 4. The summed E-state index contributed by atoms with van der Waals surface area (Å²) in [5, 5.41) is 16.5. The molecule has 7 nitrogen and oxygen atoms in total. The Kier molecular flexibility index (Phi) is 4.89. The number of nitrogens with one attached hydrogen (secondary N) is 1. The molecule has 132 valence electrons. The van der Waals surface area contributed by atoms with Gasteiger partial charge in [-0.05, 0) is 44.2 Å². The van der Waals surface area contributed by atoms with Crippen molar-refractivity contribution < 1.29 is 14.7 Å². The first-order chi connectivity index (χ1) is 11.5. The van der Waals surface area contributed by atoms with E-state index in [4.69, 9.17) is 5.11 Å². The number of aliphatic carboxylic acids is 1. The van der Waals surface area contributed by atoms with Gasteiger partial charge in [0.05, 0.1) is 24.4 Å².